The van der Waals surface area contributed by atoms with Crippen molar-refractivity contribution in [1.29, 1.82) is 5.41 Å². The van der Waals surface area contributed by atoms with Gasteiger partial charge in [0.2, 0.25) is 0 Å². The molecule has 35 heavy (non-hydrogen) atoms. The summed E-state index contributed by atoms with van der Waals surface area (Å²) in [5, 5.41) is 14.6. The summed E-state index contributed by atoms with van der Waals surface area (Å²) >= 11 is 18.3. The molecule has 1 aliphatic rings. The first kappa shape index (κ1) is 25.0. The Hall–Kier alpha value is -3.13. The van der Waals surface area contributed by atoms with Crippen LogP contribution in [0.4, 0.5) is 11.5 Å². The third-order valence-electron chi connectivity index (χ3n) is 5.60. The molecule has 4 rings (SSSR count). The summed E-state index contributed by atoms with van der Waals surface area (Å²) in [6.45, 7) is 1.74. The van der Waals surface area contributed by atoms with Crippen LogP contribution in [0, 0.1) is 5.41 Å². The van der Waals surface area contributed by atoms with Gasteiger partial charge in [-0.15, -0.1) is 0 Å². The highest BCUT2D eigenvalue weighted by atomic mass is 35.5. The van der Waals surface area contributed by atoms with Gasteiger partial charge in [-0.05, 0) is 55.7 Å². The number of halogens is 3. The van der Waals surface area contributed by atoms with Crippen molar-refractivity contribution in [1.82, 2.24) is 9.88 Å². The minimum absolute atomic E-state index is 0.0797. The summed E-state index contributed by atoms with van der Waals surface area (Å²) in [5.74, 6) is -0.277. The second kappa shape index (κ2) is 11.1. The normalized spacial score (nSPS) is 13.3. The van der Waals surface area contributed by atoms with Gasteiger partial charge < -0.3 is 15.5 Å². The lowest BCUT2D eigenvalue weighted by atomic mass is 10.1. The monoisotopic (exact) mass is 529 g/mol. The van der Waals surface area contributed by atoms with Crippen molar-refractivity contribution in [2.24, 2.45) is 0 Å². The number of hydrogen-bond donors (Lipinski definition) is 3. The molecule has 0 bridgehead atoms. The zero-order chi connectivity index (χ0) is 24.9. The SMILES string of the molecule is N=C(c1ccc(C(=O)Nc2c(Cl)cc(Cl)cc2C(=O)Nc2ccc(Cl)cn2)cc1)N1CCCCC1. The first-order valence-corrected chi connectivity index (χ1v) is 12.1. The van der Waals surface area contributed by atoms with E-state index in [1.807, 2.05) is 4.90 Å². The smallest absolute Gasteiger partial charge is 0.259 e. The topological polar surface area (TPSA) is 98.2 Å². The fourth-order valence-corrected chi connectivity index (χ4v) is 4.43. The number of amides is 2. The number of likely N-dealkylation sites (tertiary alicyclic amines) is 1. The zero-order valence-electron chi connectivity index (χ0n) is 18.6. The van der Waals surface area contributed by atoms with E-state index in [4.69, 9.17) is 40.2 Å². The van der Waals surface area contributed by atoms with Gasteiger partial charge in [-0.1, -0.05) is 46.9 Å². The molecule has 7 nitrogen and oxygen atoms in total. The summed E-state index contributed by atoms with van der Waals surface area (Å²) in [6.07, 6.45) is 4.75. The second-order valence-electron chi connectivity index (χ2n) is 8.05. The molecular weight excluding hydrogens is 509 g/mol. The van der Waals surface area contributed by atoms with Crippen molar-refractivity contribution in [3.05, 3.63) is 86.5 Å². The molecule has 3 aromatic rings. The van der Waals surface area contributed by atoms with Crippen molar-refractivity contribution in [2.75, 3.05) is 23.7 Å². The van der Waals surface area contributed by atoms with Crippen LogP contribution in [0.25, 0.3) is 0 Å². The number of pyridine rings is 1. The highest BCUT2D eigenvalue weighted by molar-refractivity contribution is 6.38. The lowest BCUT2D eigenvalue weighted by Gasteiger charge is -2.29. The molecule has 2 aromatic carbocycles. The number of amidine groups is 1. The Kier molecular flexibility index (Phi) is 7.90. The van der Waals surface area contributed by atoms with Gasteiger partial charge in [-0.25, -0.2) is 4.98 Å². The minimum atomic E-state index is -0.551. The number of carbonyl (C=O) groups is 2. The molecule has 1 aliphatic heterocycles. The number of aromatic nitrogens is 1. The number of rotatable bonds is 5. The van der Waals surface area contributed by atoms with Crippen LogP contribution in [0.1, 0.15) is 45.5 Å². The second-order valence-corrected chi connectivity index (χ2v) is 9.33. The quantitative estimate of drug-likeness (QED) is 0.264. The third kappa shape index (κ3) is 6.11. The van der Waals surface area contributed by atoms with Crippen molar-refractivity contribution in [2.45, 2.75) is 19.3 Å². The molecule has 0 unspecified atom stereocenters. The van der Waals surface area contributed by atoms with Crippen LogP contribution in [-0.2, 0) is 0 Å². The Morgan fingerprint density at radius 1 is 0.829 bits per heavy atom. The molecule has 0 radical (unpaired) electrons. The molecule has 10 heteroatoms. The molecular formula is C25H22Cl3N5O2. The van der Waals surface area contributed by atoms with E-state index in [-0.39, 0.29) is 27.1 Å². The molecule has 1 saturated heterocycles. The summed E-state index contributed by atoms with van der Waals surface area (Å²) in [7, 11) is 0. The van der Waals surface area contributed by atoms with Gasteiger partial charge in [0.1, 0.15) is 11.7 Å². The lowest BCUT2D eigenvalue weighted by molar-refractivity contribution is 0.102. The summed E-state index contributed by atoms with van der Waals surface area (Å²) in [6, 6.07) is 12.8. The van der Waals surface area contributed by atoms with Crippen LogP contribution >= 0.6 is 34.8 Å². The van der Waals surface area contributed by atoms with Crippen LogP contribution in [0.3, 0.4) is 0 Å². The van der Waals surface area contributed by atoms with Gasteiger partial charge in [0.15, 0.2) is 0 Å². The van der Waals surface area contributed by atoms with Crippen LogP contribution < -0.4 is 10.6 Å². The first-order chi connectivity index (χ1) is 16.8. The molecule has 0 spiro atoms. The molecule has 0 aliphatic carbocycles. The molecule has 3 N–H and O–H groups in total. The van der Waals surface area contributed by atoms with E-state index in [9.17, 15) is 9.59 Å². The molecule has 1 aromatic heterocycles. The fraction of sp³-hybridized carbons (Fsp3) is 0.200. The predicted octanol–water partition coefficient (Wildman–Crippen LogP) is 6.36. The summed E-state index contributed by atoms with van der Waals surface area (Å²) in [4.78, 5) is 32.0. The highest BCUT2D eigenvalue weighted by Gasteiger charge is 2.20. The third-order valence-corrected chi connectivity index (χ3v) is 6.34. The summed E-state index contributed by atoms with van der Waals surface area (Å²) in [5.41, 5.74) is 1.30. The van der Waals surface area contributed by atoms with Crippen LogP contribution in [0.15, 0.2) is 54.7 Å². The van der Waals surface area contributed by atoms with E-state index < -0.39 is 11.8 Å². The average Bonchev–Trinajstić information content (AvgIpc) is 2.87. The maximum atomic E-state index is 13.0. The van der Waals surface area contributed by atoms with Crippen molar-refractivity contribution in [3.8, 4) is 0 Å². The van der Waals surface area contributed by atoms with Gasteiger partial charge in [0.05, 0.1) is 21.3 Å². The number of hydrogen-bond acceptors (Lipinski definition) is 4. The average molecular weight is 531 g/mol. The van der Waals surface area contributed by atoms with Crippen molar-refractivity contribution in [3.63, 3.8) is 0 Å². The van der Waals surface area contributed by atoms with Crippen LogP contribution in [0.2, 0.25) is 15.1 Å². The highest BCUT2D eigenvalue weighted by Crippen LogP contribution is 2.31. The van der Waals surface area contributed by atoms with E-state index in [1.54, 1.807) is 36.4 Å². The van der Waals surface area contributed by atoms with Crippen LogP contribution in [-0.4, -0.2) is 40.6 Å². The largest absolute Gasteiger partial charge is 0.357 e. The Morgan fingerprint density at radius 2 is 1.51 bits per heavy atom. The van der Waals surface area contributed by atoms with Gasteiger partial charge in [0, 0.05) is 35.4 Å². The van der Waals surface area contributed by atoms with Gasteiger partial charge >= 0.3 is 0 Å². The fourth-order valence-electron chi connectivity index (χ4n) is 3.78. The molecule has 0 saturated carbocycles. The maximum Gasteiger partial charge on any atom is 0.259 e. The van der Waals surface area contributed by atoms with E-state index in [0.717, 1.165) is 31.5 Å². The Bertz CT molecular complexity index is 1260. The lowest BCUT2D eigenvalue weighted by Crippen LogP contribution is -2.35. The zero-order valence-corrected chi connectivity index (χ0v) is 20.8. The van der Waals surface area contributed by atoms with E-state index in [0.29, 0.717) is 16.4 Å². The van der Waals surface area contributed by atoms with E-state index >= 15 is 0 Å². The van der Waals surface area contributed by atoms with Gasteiger partial charge in [0.25, 0.3) is 11.8 Å². The molecule has 180 valence electrons. The molecule has 1 fully saturated rings. The van der Waals surface area contributed by atoms with Crippen molar-refractivity contribution >= 4 is 64.0 Å². The predicted molar refractivity (Wildman–Crippen MR) is 140 cm³/mol. The standard InChI is InChI=1S/C25H22Cl3N5O2/c26-17-8-9-21(30-14-17)31-25(35)19-12-18(27)13-20(28)22(19)32-24(34)16-6-4-15(5-7-16)23(29)33-10-2-1-3-11-33/h4-9,12-14,29H,1-3,10-11H2,(H,32,34)(H,30,31,35). The molecule has 0 atom stereocenters. The maximum absolute atomic E-state index is 13.0. The Morgan fingerprint density at radius 3 is 2.17 bits per heavy atom. The van der Waals surface area contributed by atoms with Crippen LogP contribution in [0.5, 0.6) is 0 Å². The Labute approximate surface area is 217 Å². The summed E-state index contributed by atoms with van der Waals surface area (Å²) < 4.78 is 0. The first-order valence-electron chi connectivity index (χ1n) is 11.0. The van der Waals surface area contributed by atoms with Gasteiger partial charge in [-0.2, -0.15) is 0 Å². The number of anilines is 2. The number of piperidine rings is 1. The number of carbonyl (C=O) groups excluding carboxylic acids is 2. The number of nitrogens with zero attached hydrogens (tertiary/aromatic N) is 2. The van der Waals surface area contributed by atoms with E-state index in [2.05, 4.69) is 15.6 Å². The number of benzene rings is 2. The molecule has 2 amide bonds. The minimum Gasteiger partial charge on any atom is -0.357 e. The van der Waals surface area contributed by atoms with Crippen molar-refractivity contribution < 1.29 is 9.59 Å². The van der Waals surface area contributed by atoms with E-state index in [1.165, 1.54) is 24.8 Å². The van der Waals surface area contributed by atoms with Gasteiger partial charge in [-0.3, -0.25) is 15.0 Å². The number of nitrogens with one attached hydrogen (secondary N) is 3. The molecule has 2 heterocycles. The Balaban J connectivity index is 1.52.